The Morgan fingerprint density at radius 3 is 2.61 bits per heavy atom. The van der Waals surface area contributed by atoms with Crippen LogP contribution in [0.3, 0.4) is 0 Å². The van der Waals surface area contributed by atoms with Crippen molar-refractivity contribution in [3.05, 3.63) is 72.3 Å². The molecule has 28 heavy (non-hydrogen) atoms. The Labute approximate surface area is 161 Å². The zero-order chi connectivity index (χ0) is 19.9. The number of aromatic amines is 1. The molecule has 0 aliphatic heterocycles. The number of esters is 1. The van der Waals surface area contributed by atoms with Crippen molar-refractivity contribution in [2.45, 2.75) is 11.8 Å². The number of carbonyl (C=O) groups excluding carboxylic acids is 1. The fourth-order valence-electron chi connectivity index (χ4n) is 3.08. The van der Waals surface area contributed by atoms with Crippen LogP contribution in [0.4, 0.5) is 0 Å². The highest BCUT2D eigenvalue weighted by Gasteiger charge is 2.26. The van der Waals surface area contributed by atoms with Crippen LogP contribution >= 0.6 is 0 Å². The van der Waals surface area contributed by atoms with Gasteiger partial charge in [0.05, 0.1) is 12.0 Å². The second-order valence-electron chi connectivity index (χ2n) is 6.32. The quantitative estimate of drug-likeness (QED) is 0.535. The Morgan fingerprint density at radius 2 is 1.89 bits per heavy atom. The van der Waals surface area contributed by atoms with Crippen molar-refractivity contribution in [2.75, 3.05) is 7.11 Å². The summed E-state index contributed by atoms with van der Waals surface area (Å²) in [5, 5.41) is 0.823. The predicted molar refractivity (Wildman–Crippen MR) is 105 cm³/mol. The highest BCUT2D eigenvalue weighted by Crippen LogP contribution is 2.30. The second-order valence-corrected chi connectivity index (χ2v) is 8.13. The number of aromatic nitrogens is 3. The van der Waals surface area contributed by atoms with Crippen LogP contribution in [0.15, 0.2) is 66.0 Å². The van der Waals surface area contributed by atoms with Gasteiger partial charge in [0.25, 0.3) is 10.0 Å². The van der Waals surface area contributed by atoms with Gasteiger partial charge in [-0.05, 0) is 42.8 Å². The summed E-state index contributed by atoms with van der Waals surface area (Å²) in [6.45, 7) is 1.87. The van der Waals surface area contributed by atoms with Crippen LogP contribution < -0.4 is 0 Å². The van der Waals surface area contributed by atoms with Gasteiger partial charge in [-0.15, -0.1) is 0 Å². The van der Waals surface area contributed by atoms with E-state index < -0.39 is 16.0 Å². The molecule has 7 nitrogen and oxygen atoms in total. The SMILES string of the molecule is COC(=O)c1cc(-c2ccnc3[nH]ccc23)cn1S(=O)(=O)c1ccc(C)cc1. The van der Waals surface area contributed by atoms with E-state index in [1.807, 2.05) is 13.0 Å². The molecular formula is C20H17N3O4S. The van der Waals surface area contributed by atoms with Crippen molar-refractivity contribution in [1.29, 1.82) is 0 Å². The molecular weight excluding hydrogens is 378 g/mol. The predicted octanol–water partition coefficient (Wildman–Crippen LogP) is 3.36. The number of carbonyl (C=O) groups is 1. The number of methoxy groups -OCH3 is 1. The van der Waals surface area contributed by atoms with Crippen molar-refractivity contribution < 1.29 is 17.9 Å². The molecule has 0 aliphatic rings. The van der Waals surface area contributed by atoms with E-state index in [0.29, 0.717) is 11.2 Å². The number of rotatable bonds is 4. The molecule has 0 bridgehead atoms. The highest BCUT2D eigenvalue weighted by molar-refractivity contribution is 7.90. The molecule has 0 fully saturated rings. The standard InChI is InChI=1S/C20H17N3O4S/c1-13-3-5-15(6-4-13)28(25,26)23-12-14(11-18(23)20(24)27-2)16-7-9-21-19-17(16)8-10-22-19/h3-12H,1-2H3,(H,21,22). The van der Waals surface area contributed by atoms with Crippen LogP contribution in [0.1, 0.15) is 16.1 Å². The summed E-state index contributed by atoms with van der Waals surface area (Å²) in [7, 11) is -2.76. The maximum absolute atomic E-state index is 13.2. The van der Waals surface area contributed by atoms with Crippen LogP contribution in [0.2, 0.25) is 0 Å². The van der Waals surface area contributed by atoms with E-state index in [0.717, 1.165) is 20.5 Å². The van der Waals surface area contributed by atoms with Crippen LogP contribution in [0, 0.1) is 6.92 Å². The number of aryl methyl sites for hydroxylation is 1. The second kappa shape index (κ2) is 6.65. The Hall–Kier alpha value is -3.39. The number of ether oxygens (including phenoxy) is 1. The topological polar surface area (TPSA) is 94.0 Å². The maximum atomic E-state index is 13.2. The summed E-state index contributed by atoms with van der Waals surface area (Å²) in [4.78, 5) is 19.6. The molecule has 1 N–H and O–H groups in total. The van der Waals surface area contributed by atoms with E-state index >= 15 is 0 Å². The lowest BCUT2D eigenvalue weighted by Crippen LogP contribution is -2.18. The molecule has 8 heteroatoms. The first kappa shape index (κ1) is 18.0. The van der Waals surface area contributed by atoms with Gasteiger partial charge in [0, 0.05) is 29.5 Å². The van der Waals surface area contributed by atoms with Crippen molar-refractivity contribution in [2.24, 2.45) is 0 Å². The van der Waals surface area contributed by atoms with E-state index in [-0.39, 0.29) is 10.6 Å². The molecule has 0 aliphatic carbocycles. The van der Waals surface area contributed by atoms with Gasteiger partial charge in [0.1, 0.15) is 11.3 Å². The van der Waals surface area contributed by atoms with Crippen LogP contribution in [0.5, 0.6) is 0 Å². The van der Waals surface area contributed by atoms with Crippen LogP contribution in [-0.2, 0) is 14.8 Å². The largest absolute Gasteiger partial charge is 0.464 e. The highest BCUT2D eigenvalue weighted by atomic mass is 32.2. The van der Waals surface area contributed by atoms with Gasteiger partial charge in [0.2, 0.25) is 0 Å². The Balaban J connectivity index is 1.94. The number of fused-ring (bicyclic) bond motifs is 1. The summed E-state index contributed by atoms with van der Waals surface area (Å²) in [5.41, 5.74) is 2.87. The number of benzene rings is 1. The van der Waals surface area contributed by atoms with Gasteiger partial charge in [-0.3, -0.25) is 0 Å². The first-order valence-electron chi connectivity index (χ1n) is 8.47. The zero-order valence-electron chi connectivity index (χ0n) is 15.2. The van der Waals surface area contributed by atoms with Gasteiger partial charge >= 0.3 is 5.97 Å². The van der Waals surface area contributed by atoms with Crippen molar-refractivity contribution in [3.8, 4) is 11.1 Å². The third kappa shape index (κ3) is 2.87. The van der Waals surface area contributed by atoms with Crippen LogP contribution in [0.25, 0.3) is 22.2 Å². The fraction of sp³-hybridized carbons (Fsp3) is 0.100. The zero-order valence-corrected chi connectivity index (χ0v) is 16.0. The average Bonchev–Trinajstić information content (AvgIpc) is 3.35. The fourth-order valence-corrected chi connectivity index (χ4v) is 4.43. The van der Waals surface area contributed by atoms with Crippen LogP contribution in [-0.4, -0.2) is 35.4 Å². The van der Waals surface area contributed by atoms with E-state index in [4.69, 9.17) is 4.74 Å². The monoisotopic (exact) mass is 395 g/mol. The summed E-state index contributed by atoms with van der Waals surface area (Å²) >= 11 is 0. The van der Waals surface area contributed by atoms with E-state index in [1.165, 1.54) is 31.5 Å². The molecule has 0 spiro atoms. The lowest BCUT2D eigenvalue weighted by Gasteiger charge is -2.09. The normalized spacial score (nSPS) is 11.6. The molecule has 0 saturated heterocycles. The molecule has 0 atom stereocenters. The van der Waals surface area contributed by atoms with Crippen molar-refractivity contribution >= 4 is 27.0 Å². The lowest BCUT2D eigenvalue weighted by molar-refractivity contribution is 0.0593. The summed E-state index contributed by atoms with van der Waals surface area (Å²) in [6, 6.07) is 11.6. The number of pyridine rings is 1. The Morgan fingerprint density at radius 1 is 1.14 bits per heavy atom. The van der Waals surface area contributed by atoms with E-state index in [1.54, 1.807) is 30.6 Å². The van der Waals surface area contributed by atoms with Gasteiger partial charge in [-0.1, -0.05) is 17.7 Å². The average molecular weight is 395 g/mol. The van der Waals surface area contributed by atoms with Gasteiger partial charge in [-0.2, -0.15) is 0 Å². The lowest BCUT2D eigenvalue weighted by atomic mass is 10.1. The molecule has 0 unspecified atom stereocenters. The number of hydrogen-bond acceptors (Lipinski definition) is 5. The summed E-state index contributed by atoms with van der Waals surface area (Å²) in [5.74, 6) is -0.735. The summed E-state index contributed by atoms with van der Waals surface area (Å²) in [6.07, 6.45) is 4.81. The smallest absolute Gasteiger partial charge is 0.355 e. The molecule has 0 amide bonds. The number of hydrogen-bond donors (Lipinski definition) is 1. The van der Waals surface area contributed by atoms with E-state index in [9.17, 15) is 13.2 Å². The van der Waals surface area contributed by atoms with Crippen molar-refractivity contribution in [1.82, 2.24) is 13.9 Å². The Bertz CT molecular complexity index is 1280. The third-order valence-electron chi connectivity index (χ3n) is 4.53. The molecule has 3 aromatic heterocycles. The van der Waals surface area contributed by atoms with Crippen molar-refractivity contribution in [3.63, 3.8) is 0 Å². The molecule has 4 aromatic rings. The minimum absolute atomic E-state index is 0.0708. The minimum atomic E-state index is -3.98. The maximum Gasteiger partial charge on any atom is 0.355 e. The first-order valence-corrected chi connectivity index (χ1v) is 9.91. The molecule has 4 rings (SSSR count). The van der Waals surface area contributed by atoms with Gasteiger partial charge in [-0.25, -0.2) is 22.2 Å². The third-order valence-corrected chi connectivity index (χ3v) is 6.22. The molecule has 3 heterocycles. The van der Waals surface area contributed by atoms with E-state index in [2.05, 4.69) is 9.97 Å². The minimum Gasteiger partial charge on any atom is -0.464 e. The summed E-state index contributed by atoms with van der Waals surface area (Å²) < 4.78 is 32.1. The molecule has 142 valence electrons. The van der Waals surface area contributed by atoms with Gasteiger partial charge in [0.15, 0.2) is 0 Å². The van der Waals surface area contributed by atoms with Gasteiger partial charge < -0.3 is 9.72 Å². The Kier molecular flexibility index (Phi) is 4.27. The first-order chi connectivity index (χ1) is 13.4. The molecule has 1 aromatic carbocycles. The molecule has 0 saturated carbocycles. The molecule has 0 radical (unpaired) electrons. The number of nitrogens with zero attached hydrogens (tertiary/aromatic N) is 2. The number of nitrogens with one attached hydrogen (secondary N) is 1. The number of H-pyrrole nitrogens is 1.